The Kier molecular flexibility index (Phi) is 5.80. The first kappa shape index (κ1) is 19.7. The summed E-state index contributed by atoms with van der Waals surface area (Å²) >= 11 is 0. The van der Waals surface area contributed by atoms with E-state index in [-0.39, 0.29) is 17.9 Å². The fraction of sp³-hybridized carbons (Fsp3) is 0.364. The molecule has 154 valence electrons. The Morgan fingerprint density at radius 1 is 1.23 bits per heavy atom. The molecule has 4 rings (SSSR count). The van der Waals surface area contributed by atoms with E-state index in [9.17, 15) is 9.59 Å². The van der Waals surface area contributed by atoms with Crippen molar-refractivity contribution in [2.24, 2.45) is 5.92 Å². The van der Waals surface area contributed by atoms with E-state index in [1.54, 1.807) is 17.2 Å². The van der Waals surface area contributed by atoms with Gasteiger partial charge in [0.15, 0.2) is 0 Å². The number of amides is 2. The summed E-state index contributed by atoms with van der Waals surface area (Å²) in [5.41, 5.74) is 2.23. The number of carbonyl (C=O) groups is 2. The van der Waals surface area contributed by atoms with Crippen molar-refractivity contribution < 1.29 is 14.3 Å². The number of pyridine rings is 1. The lowest BCUT2D eigenvalue weighted by Gasteiger charge is -2.32. The minimum absolute atomic E-state index is 0.0140. The number of nitrogens with one attached hydrogen (secondary N) is 1. The normalized spacial score (nSPS) is 16.8. The summed E-state index contributed by atoms with van der Waals surface area (Å²) in [6.45, 7) is 2.97. The summed E-state index contributed by atoms with van der Waals surface area (Å²) in [6, 6.07) is 13.3. The Hall–Kier alpha value is -3.60. The summed E-state index contributed by atoms with van der Waals surface area (Å²) in [4.78, 5) is 32.5. The van der Waals surface area contributed by atoms with Crippen LogP contribution in [0.3, 0.4) is 0 Å². The molecule has 1 aromatic heterocycles. The molecule has 0 spiro atoms. The van der Waals surface area contributed by atoms with Gasteiger partial charge in [0.2, 0.25) is 5.91 Å². The number of aromatic nitrogens is 1. The predicted molar refractivity (Wildman–Crippen MR) is 111 cm³/mol. The molecule has 0 atom stereocenters. The molecule has 0 radical (unpaired) electrons. The molecule has 8 nitrogen and oxygen atoms in total. The number of nitrogens with zero attached hydrogens (tertiary/aromatic N) is 4. The molecule has 2 aliphatic heterocycles. The van der Waals surface area contributed by atoms with E-state index in [4.69, 9.17) is 10.00 Å². The van der Waals surface area contributed by atoms with Crippen LogP contribution in [0.4, 0.5) is 16.3 Å². The first-order chi connectivity index (χ1) is 14.6. The first-order valence-corrected chi connectivity index (χ1v) is 10.0. The number of ether oxygens (including phenoxy) is 1. The van der Waals surface area contributed by atoms with Gasteiger partial charge in [-0.2, -0.15) is 5.26 Å². The van der Waals surface area contributed by atoms with Crippen molar-refractivity contribution in [2.45, 2.75) is 19.4 Å². The van der Waals surface area contributed by atoms with Gasteiger partial charge in [0, 0.05) is 37.4 Å². The number of rotatable bonds is 5. The van der Waals surface area contributed by atoms with E-state index in [0.29, 0.717) is 25.3 Å². The van der Waals surface area contributed by atoms with Crippen LogP contribution >= 0.6 is 0 Å². The van der Waals surface area contributed by atoms with E-state index in [1.165, 1.54) is 0 Å². The maximum atomic E-state index is 12.7. The lowest BCUT2D eigenvalue weighted by atomic mass is 9.95. The van der Waals surface area contributed by atoms with Crippen molar-refractivity contribution in [3.05, 3.63) is 53.7 Å². The molecule has 30 heavy (non-hydrogen) atoms. The third-order valence-electron chi connectivity index (χ3n) is 5.48. The van der Waals surface area contributed by atoms with Crippen LogP contribution in [0.15, 0.2) is 42.6 Å². The highest BCUT2D eigenvalue weighted by molar-refractivity contribution is 5.92. The van der Waals surface area contributed by atoms with Crippen LogP contribution in [0.5, 0.6) is 0 Å². The van der Waals surface area contributed by atoms with Gasteiger partial charge < -0.3 is 19.9 Å². The number of piperidine rings is 1. The standard InChI is InChI=1S/C22H23N5O3/c23-13-17-4-5-20(24-14-17)26-8-6-18(7-9-26)21(28)25-19-3-1-2-16(12-19)15-27-10-11-30-22(27)29/h1-5,12,14,18H,6-11,15H2,(H,25,28). The van der Waals surface area contributed by atoms with Crippen LogP contribution < -0.4 is 10.2 Å². The summed E-state index contributed by atoms with van der Waals surface area (Å²) in [5.74, 6) is 0.790. The van der Waals surface area contributed by atoms with Crippen molar-refractivity contribution in [2.75, 3.05) is 36.5 Å². The molecule has 2 fully saturated rings. The number of hydrogen-bond acceptors (Lipinski definition) is 6. The van der Waals surface area contributed by atoms with Crippen LogP contribution in [-0.4, -0.2) is 48.1 Å². The maximum Gasteiger partial charge on any atom is 0.410 e. The third kappa shape index (κ3) is 4.51. The molecule has 0 aliphatic carbocycles. The fourth-order valence-corrected chi connectivity index (χ4v) is 3.79. The van der Waals surface area contributed by atoms with Crippen LogP contribution in [0, 0.1) is 17.2 Å². The Bertz CT molecular complexity index is 961. The van der Waals surface area contributed by atoms with Crippen molar-refractivity contribution in [3.8, 4) is 6.07 Å². The average Bonchev–Trinajstić information content (AvgIpc) is 3.18. The van der Waals surface area contributed by atoms with E-state index < -0.39 is 0 Å². The summed E-state index contributed by atoms with van der Waals surface area (Å²) in [7, 11) is 0. The van der Waals surface area contributed by atoms with Crippen molar-refractivity contribution >= 4 is 23.5 Å². The topological polar surface area (TPSA) is 98.6 Å². The van der Waals surface area contributed by atoms with Crippen LogP contribution in [0.2, 0.25) is 0 Å². The van der Waals surface area contributed by atoms with E-state index in [0.717, 1.165) is 43.0 Å². The van der Waals surface area contributed by atoms with Crippen molar-refractivity contribution in [3.63, 3.8) is 0 Å². The van der Waals surface area contributed by atoms with E-state index in [2.05, 4.69) is 21.3 Å². The van der Waals surface area contributed by atoms with Crippen LogP contribution in [0.25, 0.3) is 0 Å². The molecule has 2 aromatic rings. The van der Waals surface area contributed by atoms with Gasteiger partial charge in [0.1, 0.15) is 18.5 Å². The Morgan fingerprint density at radius 3 is 2.73 bits per heavy atom. The number of anilines is 2. The van der Waals surface area contributed by atoms with Crippen molar-refractivity contribution in [1.82, 2.24) is 9.88 Å². The number of carbonyl (C=O) groups excluding carboxylic acids is 2. The molecule has 1 N–H and O–H groups in total. The summed E-state index contributed by atoms with van der Waals surface area (Å²) in [5, 5.41) is 11.9. The largest absolute Gasteiger partial charge is 0.448 e. The molecule has 8 heteroatoms. The minimum atomic E-state index is -0.298. The van der Waals surface area contributed by atoms with Crippen LogP contribution in [-0.2, 0) is 16.1 Å². The highest BCUT2D eigenvalue weighted by Gasteiger charge is 2.26. The molecular formula is C22H23N5O3. The third-order valence-corrected chi connectivity index (χ3v) is 5.48. The quantitative estimate of drug-likeness (QED) is 0.821. The number of hydrogen-bond donors (Lipinski definition) is 1. The summed E-state index contributed by atoms with van der Waals surface area (Å²) in [6.07, 6.45) is 2.76. The van der Waals surface area contributed by atoms with Crippen LogP contribution in [0.1, 0.15) is 24.0 Å². The first-order valence-electron chi connectivity index (χ1n) is 10.0. The zero-order valence-corrected chi connectivity index (χ0v) is 16.6. The lowest BCUT2D eigenvalue weighted by molar-refractivity contribution is -0.120. The van der Waals surface area contributed by atoms with Gasteiger partial charge in [-0.1, -0.05) is 12.1 Å². The number of nitriles is 1. The minimum Gasteiger partial charge on any atom is -0.448 e. The molecule has 1 aromatic carbocycles. The van der Waals surface area contributed by atoms with Gasteiger partial charge in [0.25, 0.3) is 0 Å². The van der Waals surface area contributed by atoms with Gasteiger partial charge in [0.05, 0.1) is 12.1 Å². The monoisotopic (exact) mass is 405 g/mol. The highest BCUT2D eigenvalue weighted by Crippen LogP contribution is 2.24. The Balaban J connectivity index is 1.31. The zero-order valence-electron chi connectivity index (χ0n) is 16.6. The van der Waals surface area contributed by atoms with Crippen molar-refractivity contribution in [1.29, 1.82) is 5.26 Å². The molecule has 2 amide bonds. The molecule has 0 unspecified atom stereocenters. The Labute approximate surface area is 175 Å². The molecule has 0 saturated carbocycles. The number of cyclic esters (lactones) is 1. The molecule has 0 bridgehead atoms. The van der Waals surface area contributed by atoms with E-state index in [1.807, 2.05) is 30.3 Å². The van der Waals surface area contributed by atoms with E-state index >= 15 is 0 Å². The van der Waals surface area contributed by atoms with Gasteiger partial charge >= 0.3 is 6.09 Å². The molecular weight excluding hydrogens is 382 g/mol. The average molecular weight is 405 g/mol. The highest BCUT2D eigenvalue weighted by atomic mass is 16.6. The second-order valence-electron chi connectivity index (χ2n) is 7.50. The van der Waals surface area contributed by atoms with Gasteiger partial charge in [-0.3, -0.25) is 4.79 Å². The Morgan fingerprint density at radius 2 is 2.07 bits per heavy atom. The van der Waals surface area contributed by atoms with Gasteiger partial charge in [-0.05, 0) is 42.7 Å². The smallest absolute Gasteiger partial charge is 0.410 e. The fourth-order valence-electron chi connectivity index (χ4n) is 3.79. The maximum absolute atomic E-state index is 12.7. The predicted octanol–water partition coefficient (Wildman–Crippen LogP) is 2.76. The molecule has 2 aliphatic rings. The lowest BCUT2D eigenvalue weighted by Crippen LogP contribution is -2.38. The SMILES string of the molecule is N#Cc1ccc(N2CCC(C(=O)Nc3cccc(CN4CCOC4=O)c3)CC2)nc1. The second-order valence-corrected chi connectivity index (χ2v) is 7.50. The summed E-state index contributed by atoms with van der Waals surface area (Å²) < 4.78 is 4.96. The van der Waals surface area contributed by atoms with Gasteiger partial charge in [-0.15, -0.1) is 0 Å². The molecule has 3 heterocycles. The zero-order chi connectivity index (χ0) is 20.9. The molecule has 2 saturated heterocycles. The number of benzene rings is 1. The second kappa shape index (κ2) is 8.82. The van der Waals surface area contributed by atoms with Gasteiger partial charge in [-0.25, -0.2) is 9.78 Å².